The molecule has 6 rings (SSSR count). The fourth-order valence-electron chi connectivity index (χ4n) is 4.95. The van der Waals surface area contributed by atoms with E-state index in [1.807, 2.05) is 0 Å². The van der Waals surface area contributed by atoms with Crippen molar-refractivity contribution in [3.8, 4) is 0 Å². The number of aromatic nitrogens is 2. The molecule has 0 bridgehead atoms. The van der Waals surface area contributed by atoms with E-state index in [2.05, 4.69) is 88.2 Å². The highest BCUT2D eigenvalue weighted by molar-refractivity contribution is 6.39. The Morgan fingerprint density at radius 3 is 2.50 bits per heavy atom. The molecule has 0 aliphatic heterocycles. The molecule has 2 heterocycles. The topological polar surface area (TPSA) is 9.86 Å². The molecule has 0 N–H and O–H groups in total. The van der Waals surface area contributed by atoms with Crippen LogP contribution in [0.3, 0.4) is 0 Å². The third kappa shape index (κ3) is 2.71. The number of fused-ring (bicyclic) bond motifs is 5. The Labute approximate surface area is 181 Å². The van der Waals surface area contributed by atoms with Gasteiger partial charge in [0.1, 0.15) is 0 Å². The van der Waals surface area contributed by atoms with Crippen LogP contribution in [-0.4, -0.2) is 9.13 Å². The summed E-state index contributed by atoms with van der Waals surface area (Å²) in [5.74, 6) is 0. The van der Waals surface area contributed by atoms with Crippen molar-refractivity contribution in [3.63, 3.8) is 0 Å². The molecular formula is C27H23ClN2. The molecule has 148 valence electrons. The first kappa shape index (κ1) is 17.9. The molecule has 2 nitrogen and oxygen atoms in total. The summed E-state index contributed by atoms with van der Waals surface area (Å²) in [7, 11) is 0. The molecule has 2 aromatic heterocycles. The molecule has 2 aliphatic rings. The van der Waals surface area contributed by atoms with Gasteiger partial charge in [-0.3, -0.25) is 0 Å². The number of allylic oxidation sites excluding steroid dienone is 8. The van der Waals surface area contributed by atoms with Crippen molar-refractivity contribution in [2.24, 2.45) is 0 Å². The lowest BCUT2D eigenvalue weighted by atomic mass is 10.1. The minimum Gasteiger partial charge on any atom is -0.342 e. The normalized spacial score (nSPS) is 16.6. The van der Waals surface area contributed by atoms with E-state index in [0.717, 1.165) is 42.8 Å². The van der Waals surface area contributed by atoms with Crippen LogP contribution in [-0.2, 0) is 6.54 Å². The number of hydrogen-bond acceptors (Lipinski definition) is 0. The third-order valence-electron chi connectivity index (χ3n) is 6.27. The van der Waals surface area contributed by atoms with Gasteiger partial charge in [0.25, 0.3) is 0 Å². The van der Waals surface area contributed by atoms with Gasteiger partial charge in [0.15, 0.2) is 0 Å². The second-order valence-corrected chi connectivity index (χ2v) is 8.59. The van der Waals surface area contributed by atoms with Crippen LogP contribution in [0.1, 0.15) is 25.7 Å². The van der Waals surface area contributed by atoms with Gasteiger partial charge < -0.3 is 9.13 Å². The van der Waals surface area contributed by atoms with E-state index in [4.69, 9.17) is 11.6 Å². The van der Waals surface area contributed by atoms with E-state index in [-0.39, 0.29) is 0 Å². The number of para-hydroxylation sites is 1. The van der Waals surface area contributed by atoms with Crippen LogP contribution in [0.5, 0.6) is 0 Å². The van der Waals surface area contributed by atoms with Crippen LogP contribution in [0.4, 0.5) is 0 Å². The van der Waals surface area contributed by atoms with Gasteiger partial charge in [0, 0.05) is 34.6 Å². The summed E-state index contributed by atoms with van der Waals surface area (Å²) >= 11 is 6.93. The van der Waals surface area contributed by atoms with Crippen LogP contribution < -0.4 is 0 Å². The van der Waals surface area contributed by atoms with Crippen molar-refractivity contribution in [2.75, 3.05) is 0 Å². The number of nitrogens with zero attached hydrogens (tertiary/aromatic N) is 2. The summed E-state index contributed by atoms with van der Waals surface area (Å²) in [6.45, 7) is 0.888. The molecule has 2 aromatic carbocycles. The molecular weight excluding hydrogens is 388 g/mol. The van der Waals surface area contributed by atoms with Crippen LogP contribution in [0.25, 0.3) is 38.4 Å². The van der Waals surface area contributed by atoms with Gasteiger partial charge >= 0.3 is 0 Å². The van der Waals surface area contributed by atoms with Crippen molar-refractivity contribution in [1.29, 1.82) is 0 Å². The Kier molecular flexibility index (Phi) is 4.21. The molecule has 0 spiro atoms. The zero-order valence-electron chi connectivity index (χ0n) is 16.8. The van der Waals surface area contributed by atoms with Gasteiger partial charge in [-0.25, -0.2) is 0 Å². The Morgan fingerprint density at radius 2 is 1.70 bits per heavy atom. The van der Waals surface area contributed by atoms with Crippen LogP contribution in [0, 0.1) is 0 Å². The molecule has 2 aliphatic carbocycles. The first-order chi connectivity index (χ1) is 14.8. The van der Waals surface area contributed by atoms with Gasteiger partial charge in [0.2, 0.25) is 0 Å². The van der Waals surface area contributed by atoms with Crippen molar-refractivity contribution >= 4 is 50.0 Å². The van der Waals surface area contributed by atoms with E-state index < -0.39 is 0 Å². The summed E-state index contributed by atoms with van der Waals surface area (Å²) in [6.07, 6.45) is 20.4. The molecule has 0 saturated heterocycles. The SMILES string of the molecule is Clc1cc2ccn(CC3=CCCC=C3)c2c2c3ccccc3n(C3=CCCC=C3)c12. The second-order valence-electron chi connectivity index (χ2n) is 8.18. The van der Waals surface area contributed by atoms with Crippen molar-refractivity contribution in [3.05, 3.63) is 89.6 Å². The third-order valence-corrected chi connectivity index (χ3v) is 6.56. The molecule has 0 amide bonds. The van der Waals surface area contributed by atoms with Gasteiger partial charge in [-0.2, -0.15) is 0 Å². The molecule has 30 heavy (non-hydrogen) atoms. The number of hydrogen-bond donors (Lipinski definition) is 0. The lowest BCUT2D eigenvalue weighted by Crippen LogP contribution is -2.00. The number of halogens is 1. The predicted molar refractivity (Wildman–Crippen MR) is 129 cm³/mol. The highest BCUT2D eigenvalue weighted by Gasteiger charge is 2.20. The maximum atomic E-state index is 6.93. The summed E-state index contributed by atoms with van der Waals surface area (Å²) in [6, 6.07) is 13.0. The van der Waals surface area contributed by atoms with Gasteiger partial charge in [-0.15, -0.1) is 0 Å². The highest BCUT2D eigenvalue weighted by Crippen LogP contribution is 2.41. The van der Waals surface area contributed by atoms with E-state index in [1.54, 1.807) is 0 Å². The minimum atomic E-state index is 0.808. The van der Waals surface area contributed by atoms with Crippen LogP contribution >= 0.6 is 11.6 Å². The maximum absolute atomic E-state index is 6.93. The Balaban J connectivity index is 1.70. The molecule has 4 aromatic rings. The monoisotopic (exact) mass is 410 g/mol. The van der Waals surface area contributed by atoms with Crippen molar-refractivity contribution in [2.45, 2.75) is 32.2 Å². The van der Waals surface area contributed by atoms with Gasteiger partial charge in [0.05, 0.1) is 21.6 Å². The number of rotatable bonds is 3. The fourth-order valence-corrected chi connectivity index (χ4v) is 5.25. The largest absolute Gasteiger partial charge is 0.342 e. The summed E-state index contributed by atoms with van der Waals surface area (Å²) in [4.78, 5) is 0. The first-order valence-corrected chi connectivity index (χ1v) is 11.1. The number of benzene rings is 2. The van der Waals surface area contributed by atoms with E-state index in [0.29, 0.717) is 0 Å². The second kappa shape index (κ2) is 7.07. The van der Waals surface area contributed by atoms with Crippen LogP contribution in [0.15, 0.2) is 84.6 Å². The Bertz CT molecular complexity index is 1420. The van der Waals surface area contributed by atoms with Crippen LogP contribution in [0.2, 0.25) is 5.02 Å². The molecule has 0 saturated carbocycles. The molecule has 0 unspecified atom stereocenters. The standard InChI is InChI=1S/C27H23ClN2/c28-23-17-20-15-16-29(18-19-9-3-1-4-10-19)26(20)25-22-13-7-8-14-24(22)30(27(23)25)21-11-5-2-6-12-21/h3,5,7-17H,1-2,4,6,18H2. The maximum Gasteiger partial charge on any atom is 0.0748 e. The molecule has 0 fully saturated rings. The molecule has 0 atom stereocenters. The molecule has 3 heteroatoms. The van der Waals surface area contributed by atoms with E-state index in [9.17, 15) is 0 Å². The Hall–Kier alpha value is -2.97. The summed E-state index contributed by atoms with van der Waals surface area (Å²) in [5, 5.41) is 4.51. The molecule has 0 radical (unpaired) electrons. The van der Waals surface area contributed by atoms with Gasteiger partial charge in [-0.1, -0.05) is 60.2 Å². The minimum absolute atomic E-state index is 0.808. The average molecular weight is 411 g/mol. The lowest BCUT2D eigenvalue weighted by Gasteiger charge is -2.14. The van der Waals surface area contributed by atoms with Crippen molar-refractivity contribution < 1.29 is 0 Å². The quantitative estimate of drug-likeness (QED) is 0.325. The zero-order valence-corrected chi connectivity index (χ0v) is 17.6. The van der Waals surface area contributed by atoms with Gasteiger partial charge in [-0.05, 0) is 55.5 Å². The Morgan fingerprint density at radius 1 is 0.867 bits per heavy atom. The smallest absolute Gasteiger partial charge is 0.0748 e. The fraction of sp³-hybridized carbons (Fsp3) is 0.185. The first-order valence-electron chi connectivity index (χ1n) is 10.7. The summed E-state index contributed by atoms with van der Waals surface area (Å²) in [5.41, 5.74) is 6.18. The highest BCUT2D eigenvalue weighted by atomic mass is 35.5. The summed E-state index contributed by atoms with van der Waals surface area (Å²) < 4.78 is 4.73. The lowest BCUT2D eigenvalue weighted by molar-refractivity contribution is 0.821. The van der Waals surface area contributed by atoms with Crippen molar-refractivity contribution in [1.82, 2.24) is 9.13 Å². The predicted octanol–water partition coefficient (Wildman–Crippen LogP) is 7.87. The zero-order chi connectivity index (χ0) is 20.1. The van der Waals surface area contributed by atoms with E-state index in [1.165, 1.54) is 38.5 Å². The average Bonchev–Trinajstić information content (AvgIpc) is 3.34. The van der Waals surface area contributed by atoms with E-state index >= 15 is 0 Å².